The van der Waals surface area contributed by atoms with Gasteiger partial charge in [-0.3, -0.25) is 19.2 Å². The van der Waals surface area contributed by atoms with Gasteiger partial charge in [0.25, 0.3) is 11.8 Å². The van der Waals surface area contributed by atoms with Crippen LogP contribution in [0.5, 0.6) is 0 Å². The fraction of sp³-hybridized carbons (Fsp3) is 0.667. The van der Waals surface area contributed by atoms with E-state index in [1.54, 1.807) is 20.4 Å². The smallest absolute Gasteiger partial charge is 0.272 e. The van der Waals surface area contributed by atoms with Crippen molar-refractivity contribution in [3.05, 3.63) is 40.5 Å². The van der Waals surface area contributed by atoms with Crippen LogP contribution in [0, 0.1) is 10.8 Å². The highest BCUT2D eigenvalue weighted by Gasteiger charge is 2.35. The third-order valence-corrected chi connectivity index (χ3v) is 8.90. The molecule has 0 fully saturated rings. The highest BCUT2D eigenvalue weighted by molar-refractivity contribution is 5.98. The molecular weight excluding hydrogens is 636 g/mol. The fourth-order valence-corrected chi connectivity index (χ4v) is 6.14. The molecule has 0 radical (unpaired) electrons. The molecule has 14 heteroatoms. The monoisotopic (exact) mass is 696 g/mol. The van der Waals surface area contributed by atoms with E-state index in [-0.39, 0.29) is 29.0 Å². The number of hydrogen-bond acceptors (Lipinski definition) is 8. The van der Waals surface area contributed by atoms with Gasteiger partial charge in [-0.1, -0.05) is 47.1 Å². The summed E-state index contributed by atoms with van der Waals surface area (Å²) in [4.78, 5) is 63.5. The number of rotatable bonds is 7. The molecular formula is C36H60N10O4. The molecule has 0 aliphatic carbocycles. The van der Waals surface area contributed by atoms with E-state index in [0.717, 1.165) is 61.8 Å². The number of fused-ring (bicyclic) bond motifs is 2. The fourth-order valence-electron chi connectivity index (χ4n) is 6.14. The minimum absolute atomic E-state index is 0.201. The van der Waals surface area contributed by atoms with Gasteiger partial charge < -0.3 is 40.2 Å². The summed E-state index contributed by atoms with van der Waals surface area (Å²) in [5.74, 6) is -0.197. The third-order valence-electron chi connectivity index (χ3n) is 8.90. The Hall–Kier alpha value is -4.04. The number of hydrogen-bond donors (Lipinski definition) is 4. The summed E-state index contributed by atoms with van der Waals surface area (Å²) in [6.07, 6.45) is 5.76. The molecule has 2 aliphatic heterocycles. The van der Waals surface area contributed by atoms with Gasteiger partial charge in [-0.15, -0.1) is 0 Å². The van der Waals surface area contributed by atoms with Crippen LogP contribution >= 0.6 is 0 Å². The zero-order valence-corrected chi connectivity index (χ0v) is 32.3. The van der Waals surface area contributed by atoms with E-state index in [2.05, 4.69) is 45.6 Å². The Kier molecular flexibility index (Phi) is 13.6. The van der Waals surface area contributed by atoms with Crippen LogP contribution in [0.3, 0.4) is 0 Å². The first kappa shape index (κ1) is 40.4. The van der Waals surface area contributed by atoms with Crippen LogP contribution < -0.4 is 21.3 Å². The summed E-state index contributed by atoms with van der Waals surface area (Å²) in [6.45, 7) is 20.6. The maximum Gasteiger partial charge on any atom is 0.272 e. The lowest BCUT2D eigenvalue weighted by atomic mass is 9.86. The molecule has 0 saturated heterocycles. The summed E-state index contributed by atoms with van der Waals surface area (Å²) in [7, 11) is 7.24. The molecule has 2 aromatic rings. The number of aryl methyl sites for hydroxylation is 1. The van der Waals surface area contributed by atoms with Gasteiger partial charge in [-0.25, -0.2) is 9.97 Å². The second-order valence-electron chi connectivity index (χ2n) is 15.8. The van der Waals surface area contributed by atoms with Crippen LogP contribution in [0.1, 0.15) is 106 Å². The quantitative estimate of drug-likeness (QED) is 0.344. The number of nitrogens with one attached hydrogen (secondary N) is 4. The van der Waals surface area contributed by atoms with Crippen LogP contribution in [0.4, 0.5) is 0 Å². The first-order chi connectivity index (χ1) is 23.3. The molecule has 4 amide bonds. The number of aromatic nitrogens is 4. The van der Waals surface area contributed by atoms with Crippen LogP contribution in [0.25, 0.3) is 6.08 Å². The molecule has 278 valence electrons. The summed E-state index contributed by atoms with van der Waals surface area (Å²) >= 11 is 0. The molecule has 0 spiro atoms. The normalized spacial score (nSPS) is 16.6. The minimum atomic E-state index is -0.636. The maximum atomic E-state index is 13.1. The number of allylic oxidation sites excluding steroid dienone is 1. The number of nitrogens with zero attached hydrogens (tertiary/aromatic N) is 6. The van der Waals surface area contributed by atoms with Gasteiger partial charge in [-0.2, -0.15) is 0 Å². The standard InChI is InChI=1S/C20H33N5O2.C16H27N5O2/c1-13(2)11-15-22-16(14-12-24(7)9-8-10-25(14)15)18(26)23-17(19(27)21-6)20(3,4)5;1-16(2,3)13(15(23)17-4)19-14(22)12-11-9-20(5)7-6-8-21(11)10-18-12/h11,17H,8-10,12H2,1-7H3,(H,21,27)(H,23,26);10,13H,6-9H2,1-5H3,(H,17,23)(H,19,22)/t17-;13-/m11/s1. The van der Waals surface area contributed by atoms with Crippen molar-refractivity contribution in [1.29, 1.82) is 0 Å². The Labute approximate surface area is 297 Å². The topological polar surface area (TPSA) is 159 Å². The van der Waals surface area contributed by atoms with Crippen molar-refractivity contribution in [3.63, 3.8) is 0 Å². The van der Waals surface area contributed by atoms with Crippen molar-refractivity contribution in [1.82, 2.24) is 50.2 Å². The van der Waals surface area contributed by atoms with Crippen molar-refractivity contribution in [2.75, 3.05) is 41.3 Å². The van der Waals surface area contributed by atoms with Crippen LogP contribution in [-0.2, 0) is 35.8 Å². The molecule has 4 heterocycles. The van der Waals surface area contributed by atoms with Gasteiger partial charge in [0.2, 0.25) is 11.8 Å². The Morgan fingerprint density at radius 2 is 1.22 bits per heavy atom. The van der Waals surface area contributed by atoms with Crippen LogP contribution in [0.2, 0.25) is 0 Å². The zero-order chi connectivity index (χ0) is 37.6. The highest BCUT2D eigenvalue weighted by atomic mass is 16.2. The average Bonchev–Trinajstić information content (AvgIpc) is 3.41. The van der Waals surface area contributed by atoms with Gasteiger partial charge in [0.05, 0.1) is 17.7 Å². The van der Waals surface area contributed by atoms with Gasteiger partial charge >= 0.3 is 0 Å². The van der Waals surface area contributed by atoms with E-state index in [1.807, 2.05) is 80.1 Å². The first-order valence-electron chi connectivity index (χ1n) is 17.5. The van der Waals surface area contributed by atoms with E-state index in [9.17, 15) is 19.2 Å². The number of likely N-dealkylation sites (N-methyl/N-ethyl adjacent to an activating group) is 2. The van der Waals surface area contributed by atoms with Crippen molar-refractivity contribution in [2.45, 2.75) is 106 Å². The predicted molar refractivity (Wildman–Crippen MR) is 195 cm³/mol. The van der Waals surface area contributed by atoms with Crippen molar-refractivity contribution >= 4 is 29.7 Å². The molecule has 2 atom stereocenters. The molecule has 0 saturated carbocycles. The maximum absolute atomic E-state index is 13.1. The molecule has 0 aromatic carbocycles. The number of carbonyl (C=O) groups excluding carboxylic acids is 4. The Morgan fingerprint density at radius 1 is 0.740 bits per heavy atom. The van der Waals surface area contributed by atoms with Crippen LogP contribution in [-0.4, -0.2) is 106 Å². The third kappa shape index (κ3) is 10.3. The Morgan fingerprint density at radius 3 is 1.70 bits per heavy atom. The lowest BCUT2D eigenvalue weighted by molar-refractivity contribution is -0.125. The van der Waals surface area contributed by atoms with Crippen molar-refractivity contribution in [3.8, 4) is 0 Å². The molecule has 14 nitrogen and oxygen atoms in total. The molecule has 4 rings (SSSR count). The van der Waals surface area contributed by atoms with E-state index in [1.165, 1.54) is 0 Å². The zero-order valence-electron chi connectivity index (χ0n) is 32.3. The lowest BCUT2D eigenvalue weighted by Gasteiger charge is -2.29. The molecule has 2 aromatic heterocycles. The highest BCUT2D eigenvalue weighted by Crippen LogP contribution is 2.24. The van der Waals surface area contributed by atoms with Crippen molar-refractivity contribution in [2.24, 2.45) is 10.8 Å². The summed E-state index contributed by atoms with van der Waals surface area (Å²) in [5.41, 5.74) is 2.98. The Bertz CT molecular complexity index is 1560. The van der Waals surface area contributed by atoms with E-state index < -0.39 is 17.5 Å². The van der Waals surface area contributed by atoms with E-state index in [0.29, 0.717) is 24.5 Å². The minimum Gasteiger partial charge on any atom is -0.357 e. The van der Waals surface area contributed by atoms with Gasteiger partial charge in [0, 0.05) is 40.3 Å². The molecule has 0 bridgehead atoms. The van der Waals surface area contributed by atoms with Crippen LogP contribution in [0.15, 0.2) is 11.9 Å². The second-order valence-corrected chi connectivity index (χ2v) is 15.8. The summed E-state index contributed by atoms with van der Waals surface area (Å²) in [6, 6.07) is -1.25. The van der Waals surface area contributed by atoms with Gasteiger partial charge in [0.15, 0.2) is 11.4 Å². The summed E-state index contributed by atoms with van der Waals surface area (Å²) < 4.78 is 4.17. The number of carbonyl (C=O) groups is 4. The SMILES string of the molecule is CNC(=O)[C@@H](NC(=O)c1nc(C=C(C)C)n2c1CN(C)CCC2)C(C)(C)C.CNC(=O)[C@@H](NC(=O)c1ncn2c1CN(C)CCC2)C(C)(C)C. The molecule has 4 N–H and O–H groups in total. The summed E-state index contributed by atoms with van der Waals surface area (Å²) in [5, 5.41) is 11.0. The Balaban J connectivity index is 0.000000274. The second kappa shape index (κ2) is 16.8. The van der Waals surface area contributed by atoms with E-state index in [4.69, 9.17) is 0 Å². The molecule has 2 aliphatic rings. The van der Waals surface area contributed by atoms with E-state index >= 15 is 0 Å². The molecule has 50 heavy (non-hydrogen) atoms. The van der Waals surface area contributed by atoms with Gasteiger partial charge in [-0.05, 0) is 70.8 Å². The first-order valence-corrected chi connectivity index (χ1v) is 17.5. The number of imidazole rings is 2. The predicted octanol–water partition coefficient (Wildman–Crippen LogP) is 2.64. The van der Waals surface area contributed by atoms with Gasteiger partial charge in [0.1, 0.15) is 17.9 Å². The lowest BCUT2D eigenvalue weighted by Crippen LogP contribution is -2.53. The van der Waals surface area contributed by atoms with Crippen molar-refractivity contribution < 1.29 is 19.2 Å². The molecule has 0 unspecified atom stereocenters. The average molecular weight is 697 g/mol. The number of amides is 4. The largest absolute Gasteiger partial charge is 0.357 e.